The largest absolute Gasteiger partial charge is 0.480 e. The molecule has 0 saturated heterocycles. The molecule has 0 fully saturated rings. The molecule has 0 radical (unpaired) electrons. The summed E-state index contributed by atoms with van der Waals surface area (Å²) < 4.78 is 10.6. The number of benzene rings is 2. The molecule has 0 aliphatic carbocycles. The van der Waals surface area contributed by atoms with Gasteiger partial charge in [0.1, 0.15) is 17.9 Å². The summed E-state index contributed by atoms with van der Waals surface area (Å²) in [5.74, 6) is 0.0794. The molecule has 3 aromatic rings. The fourth-order valence-corrected chi connectivity index (χ4v) is 2.09. The Morgan fingerprint density at radius 2 is 1.82 bits per heavy atom. The van der Waals surface area contributed by atoms with Crippen molar-refractivity contribution in [2.45, 2.75) is 0 Å². The molecular formula is C17H13NO4. The Morgan fingerprint density at radius 1 is 1.09 bits per heavy atom. The van der Waals surface area contributed by atoms with Gasteiger partial charge in [-0.15, -0.1) is 0 Å². The maximum absolute atomic E-state index is 11.9. The number of ether oxygens (including phenoxy) is 1. The minimum absolute atomic E-state index is 0.0381. The number of hydrogen-bond donors (Lipinski definition) is 1. The van der Waals surface area contributed by atoms with Crippen LogP contribution in [-0.2, 0) is 0 Å². The van der Waals surface area contributed by atoms with Gasteiger partial charge in [-0.05, 0) is 12.1 Å². The molecule has 2 aromatic carbocycles. The van der Waals surface area contributed by atoms with E-state index in [1.54, 1.807) is 30.3 Å². The van der Waals surface area contributed by atoms with Crippen LogP contribution in [0.2, 0.25) is 0 Å². The normalized spacial score (nSPS) is 11.5. The molecule has 5 nitrogen and oxygen atoms in total. The maximum Gasteiger partial charge on any atom is 0.379 e. The Labute approximate surface area is 126 Å². The molecule has 1 heterocycles. The fraction of sp³-hybridized carbons (Fsp3) is 0.0588. The molecule has 0 aliphatic heterocycles. The number of fused-ring (bicyclic) bond motifs is 1. The Bertz CT molecular complexity index is 868. The first kappa shape index (κ1) is 13.9. The number of hydrogen-bond acceptors (Lipinski definition) is 5. The molecule has 1 N–H and O–H groups in total. The van der Waals surface area contributed by atoms with Crippen molar-refractivity contribution in [2.75, 3.05) is 6.61 Å². The SMILES string of the molecule is O=c1oc2ccccc2cc1OC/C(=N\O)c1ccccc1. The van der Waals surface area contributed by atoms with E-state index in [0.717, 1.165) is 10.9 Å². The van der Waals surface area contributed by atoms with Gasteiger partial charge in [0.2, 0.25) is 5.75 Å². The first-order valence-corrected chi connectivity index (χ1v) is 6.70. The van der Waals surface area contributed by atoms with E-state index in [9.17, 15) is 4.79 Å². The Hall–Kier alpha value is -3.08. The first-order valence-electron chi connectivity index (χ1n) is 6.70. The Balaban J connectivity index is 1.84. The van der Waals surface area contributed by atoms with Gasteiger partial charge in [-0.3, -0.25) is 0 Å². The highest BCUT2D eigenvalue weighted by molar-refractivity contribution is 6.01. The Kier molecular flexibility index (Phi) is 3.87. The molecule has 0 bridgehead atoms. The van der Waals surface area contributed by atoms with Gasteiger partial charge in [0, 0.05) is 10.9 Å². The Morgan fingerprint density at radius 3 is 2.59 bits per heavy atom. The molecule has 0 saturated carbocycles. The topological polar surface area (TPSA) is 72.0 Å². The van der Waals surface area contributed by atoms with Crippen LogP contribution in [0.4, 0.5) is 0 Å². The highest BCUT2D eigenvalue weighted by Crippen LogP contribution is 2.16. The summed E-state index contributed by atoms with van der Waals surface area (Å²) in [5.41, 5.74) is 0.978. The summed E-state index contributed by atoms with van der Waals surface area (Å²) in [4.78, 5) is 11.9. The maximum atomic E-state index is 11.9. The zero-order chi connectivity index (χ0) is 15.4. The van der Waals surface area contributed by atoms with Gasteiger partial charge in [0.25, 0.3) is 0 Å². The predicted octanol–water partition coefficient (Wildman–Crippen LogP) is 3.05. The van der Waals surface area contributed by atoms with E-state index in [-0.39, 0.29) is 12.4 Å². The summed E-state index contributed by atoms with van der Waals surface area (Å²) in [6.07, 6.45) is 0. The zero-order valence-electron chi connectivity index (χ0n) is 11.6. The third kappa shape index (κ3) is 2.83. The number of oxime groups is 1. The van der Waals surface area contributed by atoms with Gasteiger partial charge in [-0.25, -0.2) is 4.79 Å². The lowest BCUT2D eigenvalue weighted by molar-refractivity contribution is 0.305. The van der Waals surface area contributed by atoms with E-state index in [2.05, 4.69) is 5.16 Å². The van der Waals surface area contributed by atoms with Crippen molar-refractivity contribution in [1.82, 2.24) is 0 Å². The summed E-state index contributed by atoms with van der Waals surface area (Å²) in [6.45, 7) is -0.0381. The molecule has 0 spiro atoms. The van der Waals surface area contributed by atoms with Crippen LogP contribution in [0.1, 0.15) is 5.56 Å². The second kappa shape index (κ2) is 6.13. The molecule has 0 aliphatic rings. The highest BCUT2D eigenvalue weighted by atomic mass is 16.5. The van der Waals surface area contributed by atoms with Crippen molar-refractivity contribution in [3.05, 3.63) is 76.6 Å². The van der Waals surface area contributed by atoms with Gasteiger partial charge in [-0.2, -0.15) is 0 Å². The lowest BCUT2D eigenvalue weighted by Gasteiger charge is -2.07. The zero-order valence-corrected chi connectivity index (χ0v) is 11.6. The van der Waals surface area contributed by atoms with Crippen molar-refractivity contribution in [2.24, 2.45) is 5.16 Å². The van der Waals surface area contributed by atoms with E-state index >= 15 is 0 Å². The average Bonchev–Trinajstić information content (AvgIpc) is 2.56. The number of para-hydroxylation sites is 1. The smallest absolute Gasteiger partial charge is 0.379 e. The van der Waals surface area contributed by atoms with Crippen molar-refractivity contribution in [1.29, 1.82) is 0 Å². The van der Waals surface area contributed by atoms with E-state index in [1.165, 1.54) is 0 Å². The van der Waals surface area contributed by atoms with Crippen LogP contribution >= 0.6 is 0 Å². The van der Waals surface area contributed by atoms with Gasteiger partial charge < -0.3 is 14.4 Å². The van der Waals surface area contributed by atoms with Gasteiger partial charge >= 0.3 is 5.63 Å². The number of nitrogens with zero attached hydrogens (tertiary/aromatic N) is 1. The van der Waals surface area contributed by atoms with Gasteiger partial charge in [-0.1, -0.05) is 53.7 Å². The quantitative estimate of drug-likeness (QED) is 0.347. The van der Waals surface area contributed by atoms with Crippen LogP contribution in [0.15, 0.2) is 75.0 Å². The molecule has 5 heteroatoms. The van der Waals surface area contributed by atoms with E-state index < -0.39 is 5.63 Å². The molecule has 0 atom stereocenters. The molecule has 110 valence electrons. The second-order valence-electron chi connectivity index (χ2n) is 4.64. The number of rotatable bonds is 4. The summed E-state index contributed by atoms with van der Waals surface area (Å²) >= 11 is 0. The van der Waals surface area contributed by atoms with Crippen molar-refractivity contribution in [3.63, 3.8) is 0 Å². The molecule has 1 aromatic heterocycles. The molecule has 3 rings (SSSR count). The van der Waals surface area contributed by atoms with Crippen molar-refractivity contribution in [3.8, 4) is 5.75 Å². The summed E-state index contributed by atoms with van der Waals surface area (Å²) in [7, 11) is 0. The standard InChI is InChI=1S/C17H13NO4/c19-17-16(10-13-8-4-5-9-15(13)22-17)21-11-14(18-20)12-6-2-1-3-7-12/h1-10,20H,11H2/b18-14+. The molecule has 0 amide bonds. The lowest BCUT2D eigenvalue weighted by Crippen LogP contribution is -2.16. The van der Waals surface area contributed by atoms with E-state index in [1.807, 2.05) is 30.3 Å². The third-order valence-corrected chi connectivity index (χ3v) is 3.20. The molecule has 0 unspecified atom stereocenters. The van der Waals surface area contributed by atoms with Crippen LogP contribution in [0, 0.1) is 0 Å². The predicted molar refractivity (Wildman–Crippen MR) is 82.7 cm³/mol. The monoisotopic (exact) mass is 295 g/mol. The van der Waals surface area contributed by atoms with Crippen LogP contribution in [-0.4, -0.2) is 17.5 Å². The van der Waals surface area contributed by atoms with Crippen LogP contribution in [0.25, 0.3) is 11.0 Å². The summed E-state index contributed by atoms with van der Waals surface area (Å²) in [6, 6.07) is 17.9. The van der Waals surface area contributed by atoms with Crippen LogP contribution in [0.5, 0.6) is 5.75 Å². The summed E-state index contributed by atoms with van der Waals surface area (Å²) in [5, 5.41) is 13.1. The minimum atomic E-state index is -0.566. The fourth-order valence-electron chi connectivity index (χ4n) is 2.09. The second-order valence-corrected chi connectivity index (χ2v) is 4.64. The van der Waals surface area contributed by atoms with Crippen LogP contribution in [0.3, 0.4) is 0 Å². The highest BCUT2D eigenvalue weighted by Gasteiger charge is 2.09. The van der Waals surface area contributed by atoms with Gasteiger partial charge in [0.15, 0.2) is 0 Å². The van der Waals surface area contributed by atoms with Crippen molar-refractivity contribution < 1.29 is 14.4 Å². The van der Waals surface area contributed by atoms with Crippen LogP contribution < -0.4 is 10.4 Å². The van der Waals surface area contributed by atoms with E-state index in [0.29, 0.717) is 11.3 Å². The average molecular weight is 295 g/mol. The molecule has 22 heavy (non-hydrogen) atoms. The van der Waals surface area contributed by atoms with Gasteiger partial charge in [0.05, 0.1) is 0 Å². The molecular weight excluding hydrogens is 282 g/mol. The third-order valence-electron chi connectivity index (χ3n) is 3.20. The minimum Gasteiger partial charge on any atom is -0.480 e. The lowest BCUT2D eigenvalue weighted by atomic mass is 10.1. The first-order chi connectivity index (χ1) is 10.8. The van der Waals surface area contributed by atoms with Crippen molar-refractivity contribution >= 4 is 16.7 Å². The van der Waals surface area contributed by atoms with E-state index in [4.69, 9.17) is 14.4 Å².